The number of aromatic nitrogens is 4. The largest absolute Gasteiger partial charge is 0.416 e. The molecular formula is C20H19F3N6. The quantitative estimate of drug-likeness (QED) is 0.698. The first-order chi connectivity index (χ1) is 14.0. The molecule has 3 aromatic heterocycles. The van der Waals surface area contributed by atoms with Crippen LogP contribution in [0.15, 0.2) is 55.1 Å². The molecule has 1 saturated heterocycles. The van der Waals surface area contributed by atoms with Crippen molar-refractivity contribution in [1.29, 1.82) is 0 Å². The van der Waals surface area contributed by atoms with Crippen molar-refractivity contribution in [3.63, 3.8) is 0 Å². The summed E-state index contributed by atoms with van der Waals surface area (Å²) in [6.07, 6.45) is 2.87. The smallest absolute Gasteiger partial charge is 0.309 e. The van der Waals surface area contributed by atoms with Gasteiger partial charge in [0.1, 0.15) is 5.82 Å². The third-order valence-electron chi connectivity index (χ3n) is 4.82. The van der Waals surface area contributed by atoms with Crippen molar-refractivity contribution in [2.45, 2.75) is 25.1 Å². The molecule has 0 aliphatic carbocycles. The van der Waals surface area contributed by atoms with Gasteiger partial charge in [0.25, 0.3) is 0 Å². The predicted octanol–water partition coefficient (Wildman–Crippen LogP) is 4.02. The molecule has 0 bridgehead atoms. The summed E-state index contributed by atoms with van der Waals surface area (Å²) in [5, 5.41) is 2.78. The van der Waals surface area contributed by atoms with Crippen molar-refractivity contribution in [3.05, 3.63) is 71.9 Å². The second-order valence-corrected chi connectivity index (χ2v) is 6.94. The Balaban J connectivity index is 1.43. The number of nitrogens with zero attached hydrogens (tertiary/aromatic N) is 5. The SMILES string of the molecule is FC(F)(F)c1ccnc(Nc2nccc(C3CCN(Cc4cccnc4)C3)n2)c1. The summed E-state index contributed by atoms with van der Waals surface area (Å²) in [7, 11) is 0. The Kier molecular flexibility index (Phi) is 5.39. The zero-order valence-electron chi connectivity index (χ0n) is 15.5. The van der Waals surface area contributed by atoms with Gasteiger partial charge in [-0.05, 0) is 42.8 Å². The van der Waals surface area contributed by atoms with Crippen LogP contribution in [0.2, 0.25) is 0 Å². The monoisotopic (exact) mass is 400 g/mol. The van der Waals surface area contributed by atoms with Gasteiger partial charge in [-0.15, -0.1) is 0 Å². The maximum absolute atomic E-state index is 12.9. The molecule has 29 heavy (non-hydrogen) atoms. The van der Waals surface area contributed by atoms with Crippen LogP contribution in [0.5, 0.6) is 0 Å². The second-order valence-electron chi connectivity index (χ2n) is 6.94. The molecule has 150 valence electrons. The highest BCUT2D eigenvalue weighted by Gasteiger charge is 2.31. The van der Waals surface area contributed by atoms with Gasteiger partial charge >= 0.3 is 6.18 Å². The van der Waals surface area contributed by atoms with E-state index >= 15 is 0 Å². The first-order valence-electron chi connectivity index (χ1n) is 9.22. The number of hydrogen-bond donors (Lipinski definition) is 1. The van der Waals surface area contributed by atoms with E-state index in [9.17, 15) is 13.2 Å². The maximum Gasteiger partial charge on any atom is 0.416 e. The van der Waals surface area contributed by atoms with E-state index in [4.69, 9.17) is 0 Å². The van der Waals surface area contributed by atoms with Crippen molar-refractivity contribution < 1.29 is 13.2 Å². The van der Waals surface area contributed by atoms with E-state index in [2.05, 4.69) is 36.2 Å². The van der Waals surface area contributed by atoms with Crippen LogP contribution in [-0.4, -0.2) is 37.9 Å². The highest BCUT2D eigenvalue weighted by atomic mass is 19.4. The zero-order chi connectivity index (χ0) is 20.3. The topological polar surface area (TPSA) is 66.8 Å². The predicted molar refractivity (Wildman–Crippen MR) is 101 cm³/mol. The molecule has 1 aliphatic rings. The van der Waals surface area contributed by atoms with Gasteiger partial charge in [0, 0.05) is 43.8 Å². The average molecular weight is 400 g/mol. The molecule has 4 rings (SSSR count). The van der Waals surface area contributed by atoms with E-state index in [1.807, 2.05) is 18.3 Å². The van der Waals surface area contributed by atoms with E-state index in [-0.39, 0.29) is 17.7 Å². The van der Waals surface area contributed by atoms with Crippen LogP contribution in [-0.2, 0) is 12.7 Å². The second kappa shape index (κ2) is 8.12. The maximum atomic E-state index is 12.9. The Bertz CT molecular complexity index is 964. The molecule has 0 spiro atoms. The van der Waals surface area contributed by atoms with Crippen molar-refractivity contribution in [1.82, 2.24) is 24.8 Å². The first-order valence-corrected chi connectivity index (χ1v) is 9.22. The number of pyridine rings is 2. The van der Waals surface area contributed by atoms with Crippen LogP contribution >= 0.6 is 0 Å². The lowest BCUT2D eigenvalue weighted by molar-refractivity contribution is -0.137. The van der Waals surface area contributed by atoms with Crippen LogP contribution < -0.4 is 5.32 Å². The van der Waals surface area contributed by atoms with Gasteiger partial charge in [-0.1, -0.05) is 6.07 Å². The minimum absolute atomic E-state index is 0.0570. The Morgan fingerprint density at radius 3 is 2.76 bits per heavy atom. The number of rotatable bonds is 5. The molecule has 0 aromatic carbocycles. The summed E-state index contributed by atoms with van der Waals surface area (Å²) in [5.41, 5.74) is 1.25. The standard InChI is InChI=1S/C20H19F3N6/c21-20(22,23)16-3-7-25-18(10-16)28-19-26-8-4-17(27-19)15-5-9-29(13-15)12-14-2-1-6-24-11-14/h1-4,6-8,10-11,15H,5,9,12-13H2,(H,25,26,27,28). The van der Waals surface area contributed by atoms with Gasteiger partial charge in [-0.3, -0.25) is 9.88 Å². The molecule has 4 heterocycles. The number of alkyl halides is 3. The van der Waals surface area contributed by atoms with Crippen molar-refractivity contribution >= 4 is 11.8 Å². The van der Waals surface area contributed by atoms with Gasteiger partial charge in [0.15, 0.2) is 0 Å². The third kappa shape index (κ3) is 4.86. The minimum atomic E-state index is -4.43. The Morgan fingerprint density at radius 2 is 1.97 bits per heavy atom. The van der Waals surface area contributed by atoms with Gasteiger partial charge < -0.3 is 5.32 Å². The molecule has 0 radical (unpaired) electrons. The van der Waals surface area contributed by atoms with E-state index in [0.29, 0.717) is 0 Å². The summed E-state index contributed by atoms with van der Waals surface area (Å²) in [6, 6.07) is 7.70. The molecule has 9 heteroatoms. The van der Waals surface area contributed by atoms with Crippen molar-refractivity contribution in [2.75, 3.05) is 18.4 Å². The third-order valence-corrected chi connectivity index (χ3v) is 4.82. The minimum Gasteiger partial charge on any atom is -0.309 e. The fraction of sp³-hybridized carbons (Fsp3) is 0.300. The number of likely N-dealkylation sites (tertiary alicyclic amines) is 1. The summed E-state index contributed by atoms with van der Waals surface area (Å²) in [6.45, 7) is 2.63. The molecule has 1 aliphatic heterocycles. The number of halogens is 3. The normalized spacial score (nSPS) is 17.4. The van der Waals surface area contributed by atoms with Crippen LogP contribution in [0.1, 0.15) is 29.2 Å². The Morgan fingerprint density at radius 1 is 1.10 bits per heavy atom. The molecule has 1 fully saturated rings. The Labute approximate surface area is 165 Å². The van der Waals surface area contributed by atoms with Crippen LogP contribution in [0.3, 0.4) is 0 Å². The number of nitrogens with one attached hydrogen (secondary N) is 1. The number of hydrogen-bond acceptors (Lipinski definition) is 6. The van der Waals surface area contributed by atoms with Gasteiger partial charge in [-0.25, -0.2) is 15.0 Å². The molecule has 1 unspecified atom stereocenters. The highest BCUT2D eigenvalue weighted by molar-refractivity contribution is 5.49. The van der Waals surface area contributed by atoms with Gasteiger partial charge in [0.05, 0.1) is 11.3 Å². The average Bonchev–Trinajstić information content (AvgIpc) is 3.17. The van der Waals surface area contributed by atoms with Gasteiger partial charge in [0.2, 0.25) is 5.95 Å². The molecule has 1 atom stereocenters. The lowest BCUT2D eigenvalue weighted by atomic mass is 10.1. The first kappa shape index (κ1) is 19.3. The highest BCUT2D eigenvalue weighted by Crippen LogP contribution is 2.31. The molecule has 3 aromatic rings. The van der Waals surface area contributed by atoms with Crippen LogP contribution in [0.25, 0.3) is 0 Å². The van der Waals surface area contributed by atoms with Crippen LogP contribution in [0, 0.1) is 0 Å². The lowest BCUT2D eigenvalue weighted by Gasteiger charge is -2.16. The fourth-order valence-corrected chi connectivity index (χ4v) is 3.42. The van der Waals surface area contributed by atoms with E-state index in [1.165, 1.54) is 0 Å². The van der Waals surface area contributed by atoms with E-state index < -0.39 is 11.7 Å². The Hall–Kier alpha value is -3.07. The summed E-state index contributed by atoms with van der Waals surface area (Å²) < 4.78 is 38.6. The summed E-state index contributed by atoms with van der Waals surface area (Å²) >= 11 is 0. The van der Waals surface area contributed by atoms with Crippen molar-refractivity contribution in [3.8, 4) is 0 Å². The van der Waals surface area contributed by atoms with E-state index in [1.54, 1.807) is 12.4 Å². The molecule has 0 saturated carbocycles. The molecule has 6 nitrogen and oxygen atoms in total. The molecular weight excluding hydrogens is 381 g/mol. The lowest BCUT2D eigenvalue weighted by Crippen LogP contribution is -2.20. The fourth-order valence-electron chi connectivity index (χ4n) is 3.42. The molecule has 1 N–H and O–H groups in total. The summed E-state index contributed by atoms with van der Waals surface area (Å²) in [5.74, 6) is 0.534. The van der Waals surface area contributed by atoms with Crippen LogP contribution in [0.4, 0.5) is 24.9 Å². The summed E-state index contributed by atoms with van der Waals surface area (Å²) in [4.78, 5) is 19.0. The molecule has 0 amide bonds. The zero-order valence-corrected chi connectivity index (χ0v) is 15.5. The van der Waals surface area contributed by atoms with Gasteiger partial charge in [-0.2, -0.15) is 13.2 Å². The van der Waals surface area contributed by atoms with Crippen molar-refractivity contribution in [2.24, 2.45) is 0 Å². The van der Waals surface area contributed by atoms with E-state index in [0.717, 1.165) is 55.6 Å². The number of anilines is 2.